The summed E-state index contributed by atoms with van der Waals surface area (Å²) in [5.41, 5.74) is 0. The van der Waals surface area contributed by atoms with Crippen molar-refractivity contribution in [3.63, 3.8) is 0 Å². The lowest BCUT2D eigenvalue weighted by Crippen LogP contribution is -2.06. The lowest BCUT2D eigenvalue weighted by atomic mass is 10.1. The Morgan fingerprint density at radius 2 is 1.60 bits per heavy atom. The number of ether oxygens (including phenoxy) is 3. The van der Waals surface area contributed by atoms with Crippen LogP contribution in [0.5, 0.6) is 0 Å². The lowest BCUT2D eigenvalue weighted by molar-refractivity contribution is 0.102. The molecule has 2 aliphatic heterocycles. The molecule has 0 aromatic heterocycles. The smallest absolute Gasteiger partial charge is 0.104 e. The van der Waals surface area contributed by atoms with Crippen molar-refractivity contribution in [2.75, 3.05) is 33.0 Å². The Morgan fingerprint density at radius 3 is 2.05 bits per heavy atom. The Morgan fingerprint density at radius 1 is 1.05 bits per heavy atom. The molecule has 2 heterocycles. The monoisotopic (exact) mass is 290 g/mol. The van der Waals surface area contributed by atoms with E-state index in [2.05, 4.69) is 6.92 Å². The second kappa shape index (κ2) is 11.5. The zero-order valence-electron chi connectivity index (χ0n) is 12.6. The summed E-state index contributed by atoms with van der Waals surface area (Å²) in [5.74, 6) is 0. The summed E-state index contributed by atoms with van der Waals surface area (Å²) in [6, 6.07) is 0. The molecule has 0 radical (unpaired) electrons. The fourth-order valence-corrected chi connectivity index (χ4v) is 1.76. The third-order valence-electron chi connectivity index (χ3n) is 3.25. The highest BCUT2D eigenvalue weighted by atomic mass is 16.6. The van der Waals surface area contributed by atoms with E-state index in [0.29, 0.717) is 12.2 Å². The van der Waals surface area contributed by atoms with Gasteiger partial charge in [0, 0.05) is 6.61 Å². The molecule has 0 aromatic rings. The summed E-state index contributed by atoms with van der Waals surface area (Å²) in [6.45, 7) is 5.61. The fraction of sp³-hybridized carbons (Fsp3) is 1.00. The van der Waals surface area contributed by atoms with Crippen molar-refractivity contribution < 1.29 is 24.4 Å². The average Bonchev–Trinajstić information content (AvgIpc) is 3.32. The van der Waals surface area contributed by atoms with E-state index in [4.69, 9.17) is 19.3 Å². The zero-order chi connectivity index (χ0) is 14.6. The average molecular weight is 290 g/mol. The molecule has 0 spiro atoms. The predicted molar refractivity (Wildman–Crippen MR) is 76.8 cm³/mol. The van der Waals surface area contributed by atoms with Gasteiger partial charge in [-0.3, -0.25) is 0 Å². The molecule has 0 aliphatic carbocycles. The maximum atomic E-state index is 9.30. The summed E-state index contributed by atoms with van der Waals surface area (Å²) in [6.07, 6.45) is 6.49. The van der Waals surface area contributed by atoms with E-state index in [9.17, 15) is 5.11 Å². The maximum Gasteiger partial charge on any atom is 0.104 e. The van der Waals surface area contributed by atoms with Gasteiger partial charge in [0.2, 0.25) is 0 Å². The van der Waals surface area contributed by atoms with Crippen LogP contribution in [-0.4, -0.2) is 61.6 Å². The molecule has 3 atom stereocenters. The quantitative estimate of drug-likeness (QED) is 0.445. The molecule has 0 bridgehead atoms. The highest BCUT2D eigenvalue weighted by Gasteiger charge is 2.26. The van der Waals surface area contributed by atoms with Gasteiger partial charge >= 0.3 is 0 Å². The molecule has 120 valence electrons. The van der Waals surface area contributed by atoms with Crippen LogP contribution < -0.4 is 0 Å². The van der Waals surface area contributed by atoms with E-state index in [0.717, 1.165) is 52.1 Å². The molecule has 0 aromatic carbocycles. The van der Waals surface area contributed by atoms with E-state index in [-0.39, 0.29) is 12.7 Å². The van der Waals surface area contributed by atoms with Gasteiger partial charge in [-0.05, 0) is 19.3 Å². The summed E-state index contributed by atoms with van der Waals surface area (Å²) in [4.78, 5) is 0. The minimum Gasteiger partial charge on any atom is -0.396 e. The minimum atomic E-state index is -0.186. The van der Waals surface area contributed by atoms with Crippen LogP contribution in [0.25, 0.3) is 0 Å². The van der Waals surface area contributed by atoms with Crippen molar-refractivity contribution in [2.45, 2.75) is 63.8 Å². The fourth-order valence-electron chi connectivity index (χ4n) is 1.76. The number of rotatable bonds is 11. The van der Waals surface area contributed by atoms with Crippen molar-refractivity contribution in [1.82, 2.24) is 0 Å². The second-order valence-electron chi connectivity index (χ2n) is 5.46. The van der Waals surface area contributed by atoms with E-state index in [1.54, 1.807) is 0 Å². The van der Waals surface area contributed by atoms with Crippen molar-refractivity contribution in [3.05, 3.63) is 0 Å². The molecule has 0 amide bonds. The molecule has 2 N–H and O–H groups in total. The Hall–Kier alpha value is -0.200. The minimum absolute atomic E-state index is 0.186. The molecule has 2 rings (SSSR count). The van der Waals surface area contributed by atoms with E-state index in [1.807, 2.05) is 0 Å². The number of hydrogen-bond donors (Lipinski definition) is 2. The molecule has 20 heavy (non-hydrogen) atoms. The first kappa shape index (κ1) is 17.9. The van der Waals surface area contributed by atoms with Gasteiger partial charge in [-0.1, -0.05) is 26.2 Å². The van der Waals surface area contributed by atoms with Gasteiger partial charge in [-0.25, -0.2) is 0 Å². The molecule has 3 unspecified atom stereocenters. The third-order valence-corrected chi connectivity index (χ3v) is 3.25. The Kier molecular flexibility index (Phi) is 10.2. The predicted octanol–water partition coefficient (Wildman–Crippen LogP) is 1.50. The van der Waals surface area contributed by atoms with Crippen LogP contribution in [0.1, 0.15) is 45.4 Å². The van der Waals surface area contributed by atoms with Gasteiger partial charge in [-0.15, -0.1) is 0 Å². The first-order valence-electron chi connectivity index (χ1n) is 7.86. The van der Waals surface area contributed by atoms with Crippen LogP contribution in [0.4, 0.5) is 0 Å². The van der Waals surface area contributed by atoms with Crippen molar-refractivity contribution in [1.29, 1.82) is 0 Å². The van der Waals surface area contributed by atoms with Crippen LogP contribution in [-0.2, 0) is 14.2 Å². The van der Waals surface area contributed by atoms with Gasteiger partial charge in [0.15, 0.2) is 0 Å². The summed E-state index contributed by atoms with van der Waals surface area (Å²) in [7, 11) is 0. The highest BCUT2D eigenvalue weighted by molar-refractivity contribution is 4.71. The van der Waals surface area contributed by atoms with Gasteiger partial charge in [0.1, 0.15) is 12.2 Å². The summed E-state index contributed by atoms with van der Waals surface area (Å²) < 4.78 is 15.1. The number of unbranched alkanes of at least 4 members (excludes halogenated alkanes) is 2. The SMILES string of the molecule is C(OCC1CO1)C1CO1.CCCCCC(O)CCCO. The lowest BCUT2D eigenvalue weighted by Gasteiger charge is -2.07. The van der Waals surface area contributed by atoms with Crippen LogP contribution in [0.15, 0.2) is 0 Å². The number of aliphatic hydroxyl groups excluding tert-OH is 2. The van der Waals surface area contributed by atoms with Crippen LogP contribution in [0, 0.1) is 0 Å². The molecule has 2 aliphatic rings. The molecule has 2 saturated heterocycles. The van der Waals surface area contributed by atoms with E-state index < -0.39 is 0 Å². The normalized spacial score (nSPS) is 24.8. The molecular weight excluding hydrogens is 260 g/mol. The topological polar surface area (TPSA) is 74.8 Å². The molecule has 0 saturated carbocycles. The van der Waals surface area contributed by atoms with Crippen molar-refractivity contribution >= 4 is 0 Å². The third kappa shape index (κ3) is 11.6. The van der Waals surface area contributed by atoms with Crippen molar-refractivity contribution in [2.24, 2.45) is 0 Å². The van der Waals surface area contributed by atoms with Gasteiger partial charge in [0.25, 0.3) is 0 Å². The number of aliphatic hydroxyl groups is 2. The molecule has 2 fully saturated rings. The second-order valence-corrected chi connectivity index (χ2v) is 5.46. The first-order valence-corrected chi connectivity index (χ1v) is 7.86. The van der Waals surface area contributed by atoms with Gasteiger partial charge < -0.3 is 24.4 Å². The number of epoxide rings is 2. The van der Waals surface area contributed by atoms with Crippen molar-refractivity contribution in [3.8, 4) is 0 Å². The van der Waals surface area contributed by atoms with Gasteiger partial charge in [-0.2, -0.15) is 0 Å². The largest absolute Gasteiger partial charge is 0.396 e. The van der Waals surface area contributed by atoms with Crippen LogP contribution >= 0.6 is 0 Å². The zero-order valence-corrected chi connectivity index (χ0v) is 12.6. The van der Waals surface area contributed by atoms with E-state index >= 15 is 0 Å². The van der Waals surface area contributed by atoms with Gasteiger partial charge in [0.05, 0.1) is 32.5 Å². The summed E-state index contributed by atoms with van der Waals surface area (Å²) >= 11 is 0. The summed E-state index contributed by atoms with van der Waals surface area (Å²) in [5, 5.41) is 17.8. The Balaban J connectivity index is 0.000000202. The highest BCUT2D eigenvalue weighted by Crippen LogP contribution is 2.12. The Bertz CT molecular complexity index is 204. The molecule has 5 heteroatoms. The maximum absolute atomic E-state index is 9.30. The van der Waals surface area contributed by atoms with Crippen LogP contribution in [0.2, 0.25) is 0 Å². The standard InChI is InChI=1S/C9H20O2.C6H10O3/c1-2-3-4-6-9(11)7-5-8-10;1(5-3-8-5)7-2-6-4-9-6/h9-11H,2-8H2,1H3;5-6H,1-4H2. The van der Waals surface area contributed by atoms with E-state index in [1.165, 1.54) is 12.8 Å². The Labute approximate surface area is 122 Å². The molecular formula is C15H30O5. The number of hydrogen-bond acceptors (Lipinski definition) is 5. The van der Waals surface area contributed by atoms with Crippen LogP contribution in [0.3, 0.4) is 0 Å². The first-order chi connectivity index (χ1) is 9.76. The molecule has 5 nitrogen and oxygen atoms in total.